The summed E-state index contributed by atoms with van der Waals surface area (Å²) in [4.78, 5) is 16.7. The van der Waals surface area contributed by atoms with E-state index in [-0.39, 0.29) is 16.6 Å². The molecule has 3 nitrogen and oxygen atoms in total. The Labute approximate surface area is 104 Å². The van der Waals surface area contributed by atoms with E-state index in [4.69, 9.17) is 0 Å². The van der Waals surface area contributed by atoms with Crippen molar-refractivity contribution in [3.63, 3.8) is 0 Å². The Bertz CT molecular complexity index is 416. The maximum absolute atomic E-state index is 12.2. The minimum atomic E-state index is -0.377. The number of ketones is 1. The predicted octanol–water partition coefficient (Wildman–Crippen LogP) is 3.24. The molecule has 1 rings (SSSR count). The first kappa shape index (κ1) is 13.9. The van der Waals surface area contributed by atoms with Crippen molar-refractivity contribution in [3.8, 4) is 0 Å². The minimum Gasteiger partial charge on any atom is -0.331 e. The van der Waals surface area contributed by atoms with Crippen LogP contribution in [-0.4, -0.2) is 15.3 Å². The van der Waals surface area contributed by atoms with Crippen LogP contribution in [0.25, 0.3) is 0 Å². The van der Waals surface area contributed by atoms with Gasteiger partial charge in [0.15, 0.2) is 5.82 Å². The molecule has 0 aliphatic rings. The zero-order valence-electron chi connectivity index (χ0n) is 12.1. The van der Waals surface area contributed by atoms with Crippen molar-refractivity contribution >= 4 is 5.78 Å². The molecule has 1 heterocycles. The fraction of sp³-hybridized carbons (Fsp3) is 0.714. The highest BCUT2D eigenvalue weighted by molar-refractivity contribution is 5.96. The summed E-state index contributed by atoms with van der Waals surface area (Å²) in [6.45, 7) is 12.3. The smallest absolute Gasteiger partial charge is 0.203 e. The lowest BCUT2D eigenvalue weighted by Gasteiger charge is -2.16. The second-order valence-corrected chi connectivity index (χ2v) is 6.98. The van der Waals surface area contributed by atoms with Gasteiger partial charge in [0.05, 0.1) is 5.69 Å². The van der Waals surface area contributed by atoms with Gasteiger partial charge < -0.3 is 4.57 Å². The first-order valence-corrected chi connectivity index (χ1v) is 6.08. The SMILES string of the molecule is Cn1cc(CC(C)(C)C)nc1C(=O)C(C)(C)C. The molecule has 0 bridgehead atoms. The first-order valence-electron chi connectivity index (χ1n) is 6.08. The Morgan fingerprint density at radius 2 is 1.76 bits per heavy atom. The van der Waals surface area contributed by atoms with Gasteiger partial charge in [-0.05, 0) is 11.8 Å². The summed E-state index contributed by atoms with van der Waals surface area (Å²) in [7, 11) is 1.89. The van der Waals surface area contributed by atoms with Crippen LogP contribution in [0.3, 0.4) is 0 Å². The van der Waals surface area contributed by atoms with Gasteiger partial charge in [0.25, 0.3) is 0 Å². The fourth-order valence-corrected chi connectivity index (χ4v) is 1.70. The second kappa shape index (κ2) is 4.28. The molecule has 0 N–H and O–H groups in total. The van der Waals surface area contributed by atoms with Gasteiger partial charge in [-0.3, -0.25) is 4.79 Å². The van der Waals surface area contributed by atoms with Crippen molar-refractivity contribution in [2.24, 2.45) is 17.9 Å². The van der Waals surface area contributed by atoms with Crippen LogP contribution >= 0.6 is 0 Å². The number of nitrogens with zero attached hydrogens (tertiary/aromatic N) is 2. The number of hydrogen-bond acceptors (Lipinski definition) is 2. The van der Waals surface area contributed by atoms with Crippen molar-refractivity contribution in [2.45, 2.75) is 48.0 Å². The van der Waals surface area contributed by atoms with Gasteiger partial charge in [0.2, 0.25) is 5.78 Å². The van der Waals surface area contributed by atoms with E-state index in [1.807, 2.05) is 38.6 Å². The summed E-state index contributed by atoms with van der Waals surface area (Å²) >= 11 is 0. The number of aryl methyl sites for hydroxylation is 1. The summed E-state index contributed by atoms with van der Waals surface area (Å²) in [6.07, 6.45) is 2.85. The van der Waals surface area contributed by atoms with Gasteiger partial charge in [0.1, 0.15) is 0 Å². The van der Waals surface area contributed by atoms with Crippen molar-refractivity contribution < 1.29 is 4.79 Å². The Balaban J connectivity index is 3.01. The number of hydrogen-bond donors (Lipinski definition) is 0. The molecule has 1 aromatic heterocycles. The van der Waals surface area contributed by atoms with Gasteiger partial charge in [0, 0.05) is 18.7 Å². The molecule has 0 atom stereocenters. The third kappa shape index (κ3) is 3.69. The standard InChI is InChI=1S/C14H24N2O/c1-13(2,3)8-10-9-16(7)12(15-10)11(17)14(4,5)6/h9H,8H2,1-7H3. The number of rotatable bonds is 2. The third-order valence-corrected chi connectivity index (χ3v) is 2.52. The van der Waals surface area contributed by atoms with Crippen LogP contribution in [0.2, 0.25) is 0 Å². The molecule has 0 saturated carbocycles. The van der Waals surface area contributed by atoms with Crippen molar-refractivity contribution in [1.29, 1.82) is 0 Å². The molecular weight excluding hydrogens is 212 g/mol. The van der Waals surface area contributed by atoms with Crippen LogP contribution in [0.1, 0.15) is 57.9 Å². The van der Waals surface area contributed by atoms with E-state index in [2.05, 4.69) is 25.8 Å². The van der Waals surface area contributed by atoms with Crippen molar-refractivity contribution in [2.75, 3.05) is 0 Å². The van der Waals surface area contributed by atoms with E-state index in [0.29, 0.717) is 5.82 Å². The number of carbonyl (C=O) groups is 1. The lowest BCUT2D eigenvalue weighted by Crippen LogP contribution is -2.23. The lowest BCUT2D eigenvalue weighted by molar-refractivity contribution is 0.0843. The van der Waals surface area contributed by atoms with Crippen LogP contribution in [0.5, 0.6) is 0 Å². The van der Waals surface area contributed by atoms with Crippen LogP contribution in [0.4, 0.5) is 0 Å². The molecular formula is C14H24N2O. The van der Waals surface area contributed by atoms with E-state index in [1.54, 1.807) is 0 Å². The van der Waals surface area contributed by atoms with Crippen LogP contribution in [0, 0.1) is 10.8 Å². The first-order chi connectivity index (χ1) is 7.50. The molecule has 96 valence electrons. The predicted molar refractivity (Wildman–Crippen MR) is 70.2 cm³/mol. The van der Waals surface area contributed by atoms with E-state index in [9.17, 15) is 4.79 Å². The number of Topliss-reactive ketones (excluding diaryl/α,β-unsaturated/α-hetero) is 1. The molecule has 0 saturated heterocycles. The third-order valence-electron chi connectivity index (χ3n) is 2.52. The molecule has 3 heteroatoms. The largest absolute Gasteiger partial charge is 0.331 e. The summed E-state index contributed by atoms with van der Waals surface area (Å²) in [6, 6.07) is 0. The summed E-state index contributed by atoms with van der Waals surface area (Å²) in [5, 5.41) is 0. The number of imidazole rings is 1. The fourth-order valence-electron chi connectivity index (χ4n) is 1.70. The Hall–Kier alpha value is -1.12. The zero-order chi connectivity index (χ0) is 13.4. The molecule has 0 amide bonds. The highest BCUT2D eigenvalue weighted by Gasteiger charge is 2.27. The zero-order valence-corrected chi connectivity index (χ0v) is 12.1. The van der Waals surface area contributed by atoms with Crippen LogP contribution in [-0.2, 0) is 13.5 Å². The molecule has 0 spiro atoms. The lowest BCUT2D eigenvalue weighted by atomic mass is 9.90. The Morgan fingerprint density at radius 1 is 1.24 bits per heavy atom. The maximum atomic E-state index is 12.2. The molecule has 17 heavy (non-hydrogen) atoms. The van der Waals surface area contributed by atoms with E-state index in [0.717, 1.165) is 12.1 Å². The van der Waals surface area contributed by atoms with E-state index < -0.39 is 0 Å². The average Bonchev–Trinajstić information content (AvgIpc) is 2.40. The second-order valence-electron chi connectivity index (χ2n) is 6.98. The molecule has 0 radical (unpaired) electrons. The quantitative estimate of drug-likeness (QED) is 0.739. The Morgan fingerprint density at radius 3 is 2.18 bits per heavy atom. The monoisotopic (exact) mass is 236 g/mol. The van der Waals surface area contributed by atoms with Gasteiger partial charge in [-0.15, -0.1) is 0 Å². The molecule has 0 unspecified atom stereocenters. The summed E-state index contributed by atoms with van der Waals surface area (Å²) < 4.78 is 1.84. The van der Waals surface area contributed by atoms with Crippen LogP contribution < -0.4 is 0 Å². The summed E-state index contributed by atoms with van der Waals surface area (Å²) in [5.41, 5.74) is 0.807. The molecule has 0 aromatic carbocycles. The van der Waals surface area contributed by atoms with Gasteiger partial charge in [-0.2, -0.15) is 0 Å². The van der Waals surface area contributed by atoms with E-state index >= 15 is 0 Å². The topological polar surface area (TPSA) is 34.9 Å². The molecule has 0 aliphatic carbocycles. The molecule has 1 aromatic rings. The van der Waals surface area contributed by atoms with E-state index in [1.165, 1.54) is 0 Å². The normalized spacial score (nSPS) is 12.9. The maximum Gasteiger partial charge on any atom is 0.203 e. The summed E-state index contributed by atoms with van der Waals surface area (Å²) in [5.74, 6) is 0.664. The van der Waals surface area contributed by atoms with Gasteiger partial charge in [-0.1, -0.05) is 41.5 Å². The number of carbonyl (C=O) groups excluding carboxylic acids is 1. The van der Waals surface area contributed by atoms with Gasteiger partial charge in [-0.25, -0.2) is 4.98 Å². The highest BCUT2D eigenvalue weighted by atomic mass is 16.1. The average molecular weight is 236 g/mol. The van der Waals surface area contributed by atoms with Crippen molar-refractivity contribution in [1.82, 2.24) is 9.55 Å². The van der Waals surface area contributed by atoms with Crippen molar-refractivity contribution in [3.05, 3.63) is 17.7 Å². The molecule has 0 fully saturated rings. The van der Waals surface area contributed by atoms with Crippen LogP contribution in [0.15, 0.2) is 6.20 Å². The molecule has 0 aliphatic heterocycles. The Kier molecular flexibility index (Phi) is 3.51. The van der Waals surface area contributed by atoms with Gasteiger partial charge >= 0.3 is 0 Å². The minimum absolute atomic E-state index is 0.0974. The number of aromatic nitrogens is 2. The highest BCUT2D eigenvalue weighted by Crippen LogP contribution is 2.23.